The van der Waals surface area contributed by atoms with E-state index in [-0.39, 0.29) is 12.0 Å². The normalized spacial score (nSPS) is 11.5. The predicted molar refractivity (Wildman–Crippen MR) is 78.5 cm³/mol. The van der Waals surface area contributed by atoms with Crippen molar-refractivity contribution < 1.29 is 5.11 Å². The van der Waals surface area contributed by atoms with Gasteiger partial charge in [0.05, 0.1) is 11.7 Å². The van der Waals surface area contributed by atoms with Crippen LogP contribution in [0.2, 0.25) is 0 Å². The van der Waals surface area contributed by atoms with Gasteiger partial charge in [0.15, 0.2) is 0 Å². The zero-order valence-corrected chi connectivity index (χ0v) is 12.3. The van der Waals surface area contributed by atoms with E-state index < -0.39 is 0 Å². The van der Waals surface area contributed by atoms with E-state index in [4.69, 9.17) is 0 Å². The Balaban J connectivity index is 2.70. The second kappa shape index (κ2) is 5.08. The number of hydrogen-bond acceptors (Lipinski definition) is 2. The summed E-state index contributed by atoms with van der Waals surface area (Å²) in [7, 11) is 0. The highest BCUT2D eigenvalue weighted by molar-refractivity contribution is 5.69. The number of benzene rings is 1. The minimum Gasteiger partial charge on any atom is -0.493 e. The van der Waals surface area contributed by atoms with Crippen LogP contribution in [0, 0.1) is 6.92 Å². The largest absolute Gasteiger partial charge is 0.493 e. The third-order valence-corrected chi connectivity index (χ3v) is 3.39. The lowest BCUT2D eigenvalue weighted by atomic mass is 9.96. The van der Waals surface area contributed by atoms with Crippen LogP contribution in [0.15, 0.2) is 24.3 Å². The van der Waals surface area contributed by atoms with Crippen molar-refractivity contribution in [3.8, 4) is 17.1 Å². The maximum absolute atomic E-state index is 10.4. The van der Waals surface area contributed by atoms with Gasteiger partial charge in [0.25, 0.3) is 0 Å². The summed E-state index contributed by atoms with van der Waals surface area (Å²) in [5.41, 5.74) is 4.11. The first kappa shape index (κ1) is 13.7. The van der Waals surface area contributed by atoms with Gasteiger partial charge >= 0.3 is 0 Å². The fraction of sp³-hybridized carbons (Fsp3) is 0.438. The summed E-state index contributed by atoms with van der Waals surface area (Å²) in [5.74, 6) is 0.533. The van der Waals surface area contributed by atoms with Crippen molar-refractivity contribution in [1.82, 2.24) is 9.78 Å². The number of rotatable bonds is 3. The molecule has 0 radical (unpaired) electrons. The maximum Gasteiger partial charge on any atom is 0.213 e. The zero-order valence-electron chi connectivity index (χ0n) is 12.3. The van der Waals surface area contributed by atoms with Gasteiger partial charge in [0.1, 0.15) is 0 Å². The molecule has 1 N–H and O–H groups in total. The van der Waals surface area contributed by atoms with Crippen molar-refractivity contribution >= 4 is 0 Å². The molecule has 0 fully saturated rings. The standard InChI is InChI=1S/C16H22N2O/c1-10(2)14-15(13-9-7-6-8-12(13)5)17-18(11(3)4)16(14)19/h6-11,19H,1-5H3. The Labute approximate surface area is 114 Å². The molecular weight excluding hydrogens is 236 g/mol. The first-order chi connectivity index (χ1) is 8.93. The predicted octanol–water partition coefficient (Wildman–Crippen LogP) is 4.27. The van der Waals surface area contributed by atoms with Crippen molar-refractivity contribution in [1.29, 1.82) is 0 Å². The van der Waals surface area contributed by atoms with E-state index in [1.807, 2.05) is 26.0 Å². The van der Waals surface area contributed by atoms with E-state index in [9.17, 15) is 5.11 Å². The summed E-state index contributed by atoms with van der Waals surface area (Å²) < 4.78 is 1.71. The molecule has 0 saturated carbocycles. The molecule has 0 aliphatic rings. The van der Waals surface area contributed by atoms with Crippen molar-refractivity contribution in [2.75, 3.05) is 0 Å². The van der Waals surface area contributed by atoms with Gasteiger partial charge in [-0.1, -0.05) is 38.1 Å². The van der Waals surface area contributed by atoms with Crippen LogP contribution >= 0.6 is 0 Å². The molecule has 3 nitrogen and oxygen atoms in total. The molecule has 1 aromatic heterocycles. The van der Waals surface area contributed by atoms with Crippen LogP contribution in [0.5, 0.6) is 5.88 Å². The molecule has 0 aliphatic heterocycles. The van der Waals surface area contributed by atoms with E-state index in [0.717, 1.165) is 16.8 Å². The molecule has 2 aromatic rings. The Morgan fingerprint density at radius 1 is 1.11 bits per heavy atom. The van der Waals surface area contributed by atoms with Crippen molar-refractivity contribution in [3.63, 3.8) is 0 Å². The lowest BCUT2D eigenvalue weighted by Crippen LogP contribution is -2.02. The number of aromatic nitrogens is 2. The lowest BCUT2D eigenvalue weighted by molar-refractivity contribution is 0.372. The van der Waals surface area contributed by atoms with Gasteiger partial charge < -0.3 is 5.11 Å². The van der Waals surface area contributed by atoms with E-state index in [0.29, 0.717) is 5.88 Å². The monoisotopic (exact) mass is 258 g/mol. The van der Waals surface area contributed by atoms with E-state index in [1.165, 1.54) is 5.56 Å². The summed E-state index contributed by atoms with van der Waals surface area (Å²) >= 11 is 0. The minimum atomic E-state index is 0.148. The average molecular weight is 258 g/mol. The van der Waals surface area contributed by atoms with Crippen molar-refractivity contribution in [2.45, 2.75) is 46.6 Å². The average Bonchev–Trinajstić information content (AvgIpc) is 2.67. The quantitative estimate of drug-likeness (QED) is 0.892. The summed E-state index contributed by atoms with van der Waals surface area (Å²) in [5, 5.41) is 15.0. The van der Waals surface area contributed by atoms with Crippen LogP contribution in [0.1, 0.15) is 50.8 Å². The minimum absolute atomic E-state index is 0.148. The Hall–Kier alpha value is -1.77. The molecule has 0 aliphatic carbocycles. The highest BCUT2D eigenvalue weighted by Gasteiger charge is 2.22. The summed E-state index contributed by atoms with van der Waals surface area (Å²) in [6.45, 7) is 10.3. The number of aromatic hydroxyl groups is 1. The van der Waals surface area contributed by atoms with Gasteiger partial charge in [-0.05, 0) is 32.3 Å². The van der Waals surface area contributed by atoms with Gasteiger partial charge in [-0.25, -0.2) is 4.68 Å². The van der Waals surface area contributed by atoms with Gasteiger partial charge in [-0.3, -0.25) is 0 Å². The molecule has 0 saturated heterocycles. The van der Waals surface area contributed by atoms with E-state index >= 15 is 0 Å². The third-order valence-electron chi connectivity index (χ3n) is 3.39. The SMILES string of the molecule is Cc1ccccc1-c1nn(C(C)C)c(O)c1C(C)C. The Bertz CT molecular complexity index is 582. The molecule has 19 heavy (non-hydrogen) atoms. The second-order valence-corrected chi connectivity index (χ2v) is 5.59. The van der Waals surface area contributed by atoms with Crippen LogP contribution in [-0.4, -0.2) is 14.9 Å². The van der Waals surface area contributed by atoms with E-state index in [1.54, 1.807) is 4.68 Å². The molecule has 1 aromatic carbocycles. The molecule has 0 unspecified atom stereocenters. The smallest absolute Gasteiger partial charge is 0.213 e. The first-order valence-corrected chi connectivity index (χ1v) is 6.80. The van der Waals surface area contributed by atoms with Crippen LogP contribution < -0.4 is 0 Å². The lowest BCUT2D eigenvalue weighted by Gasteiger charge is -2.09. The molecule has 102 valence electrons. The van der Waals surface area contributed by atoms with E-state index in [2.05, 4.69) is 38.0 Å². The van der Waals surface area contributed by atoms with Crippen molar-refractivity contribution in [3.05, 3.63) is 35.4 Å². The number of nitrogens with zero attached hydrogens (tertiary/aromatic N) is 2. The molecule has 0 atom stereocenters. The van der Waals surface area contributed by atoms with Gasteiger partial charge in [-0.2, -0.15) is 5.10 Å². The summed E-state index contributed by atoms with van der Waals surface area (Å²) in [4.78, 5) is 0. The third kappa shape index (κ3) is 2.37. The molecular formula is C16H22N2O. The summed E-state index contributed by atoms with van der Waals surface area (Å²) in [6, 6.07) is 8.32. The fourth-order valence-corrected chi connectivity index (χ4v) is 2.37. The van der Waals surface area contributed by atoms with Gasteiger partial charge in [0, 0.05) is 11.1 Å². The van der Waals surface area contributed by atoms with Crippen LogP contribution in [0.3, 0.4) is 0 Å². The van der Waals surface area contributed by atoms with Gasteiger partial charge in [-0.15, -0.1) is 0 Å². The van der Waals surface area contributed by atoms with Crippen LogP contribution in [0.25, 0.3) is 11.3 Å². The van der Waals surface area contributed by atoms with Crippen molar-refractivity contribution in [2.24, 2.45) is 0 Å². The summed E-state index contributed by atoms with van der Waals surface area (Å²) in [6.07, 6.45) is 0. The first-order valence-electron chi connectivity index (χ1n) is 6.80. The molecule has 3 heteroatoms. The maximum atomic E-state index is 10.4. The second-order valence-electron chi connectivity index (χ2n) is 5.59. The highest BCUT2D eigenvalue weighted by Crippen LogP contribution is 2.37. The molecule has 0 bridgehead atoms. The van der Waals surface area contributed by atoms with Crippen LogP contribution in [0.4, 0.5) is 0 Å². The van der Waals surface area contributed by atoms with Crippen LogP contribution in [-0.2, 0) is 0 Å². The molecule has 0 amide bonds. The van der Waals surface area contributed by atoms with Gasteiger partial charge in [0.2, 0.25) is 5.88 Å². The topological polar surface area (TPSA) is 38.0 Å². The number of hydrogen-bond donors (Lipinski definition) is 1. The molecule has 0 spiro atoms. The Morgan fingerprint density at radius 2 is 1.74 bits per heavy atom. The Kier molecular flexibility index (Phi) is 3.65. The molecule has 1 heterocycles. The highest BCUT2D eigenvalue weighted by atomic mass is 16.3. The fourth-order valence-electron chi connectivity index (χ4n) is 2.37. The molecule has 2 rings (SSSR count). The Morgan fingerprint density at radius 3 is 2.26 bits per heavy atom. The number of aryl methyl sites for hydroxylation is 1. The zero-order chi connectivity index (χ0) is 14.2.